The average Bonchev–Trinajstić information content (AvgIpc) is 2.35. The van der Waals surface area contributed by atoms with Crippen LogP contribution in [0.15, 0.2) is 23.1 Å². The van der Waals surface area contributed by atoms with Crippen LogP contribution in [0.1, 0.15) is 23.2 Å². The van der Waals surface area contributed by atoms with Gasteiger partial charge in [0.05, 0.1) is 5.56 Å². The fraction of sp³-hybridized carbons (Fsp3) is 0.385. The van der Waals surface area contributed by atoms with Crippen LogP contribution in [0.25, 0.3) is 0 Å². The first-order valence-corrected chi connectivity index (χ1v) is 6.76. The Hall–Kier alpha value is -1.56. The molecule has 104 valence electrons. The number of aromatic carboxylic acids is 1. The lowest BCUT2D eigenvalue weighted by atomic mass is 10.2. The summed E-state index contributed by atoms with van der Waals surface area (Å²) in [6, 6.07) is 4.01. The molecule has 1 amide bonds. The second-order valence-electron chi connectivity index (χ2n) is 4.19. The number of carboxylic acid groups (broad SMARTS) is 1. The van der Waals surface area contributed by atoms with Crippen molar-refractivity contribution in [1.29, 1.82) is 0 Å². The van der Waals surface area contributed by atoms with Crippen LogP contribution >= 0.6 is 11.8 Å². The molecule has 0 aromatic heterocycles. The molecule has 4 nitrogen and oxygen atoms in total. The molecule has 6 heteroatoms. The highest BCUT2D eigenvalue weighted by Gasteiger charge is 2.11. The first-order valence-electron chi connectivity index (χ1n) is 5.77. The number of thioether (sulfide) groups is 1. The molecule has 0 aliphatic carbocycles. The largest absolute Gasteiger partial charge is 0.478 e. The van der Waals surface area contributed by atoms with Gasteiger partial charge in [-0.1, -0.05) is 0 Å². The van der Waals surface area contributed by atoms with Gasteiger partial charge in [0.2, 0.25) is 5.91 Å². The van der Waals surface area contributed by atoms with Crippen molar-refractivity contribution in [2.24, 2.45) is 0 Å². The number of hydrogen-bond acceptors (Lipinski definition) is 3. The second-order valence-corrected chi connectivity index (χ2v) is 5.36. The average molecular weight is 285 g/mol. The van der Waals surface area contributed by atoms with Crippen LogP contribution in [0, 0.1) is 5.82 Å². The van der Waals surface area contributed by atoms with E-state index in [1.807, 2.05) is 0 Å². The smallest absolute Gasteiger partial charge is 0.338 e. The van der Waals surface area contributed by atoms with Crippen molar-refractivity contribution in [2.75, 3.05) is 19.8 Å². The summed E-state index contributed by atoms with van der Waals surface area (Å²) in [5.41, 5.74) is -0.325. The van der Waals surface area contributed by atoms with Gasteiger partial charge >= 0.3 is 5.97 Å². The summed E-state index contributed by atoms with van der Waals surface area (Å²) in [5, 5.41) is 8.80. The SMILES string of the molecule is CN(C)C(=O)CCCSc1ccc(F)c(C(=O)O)c1. The van der Waals surface area contributed by atoms with E-state index in [-0.39, 0.29) is 11.5 Å². The predicted molar refractivity (Wildman–Crippen MR) is 72.0 cm³/mol. The van der Waals surface area contributed by atoms with Crippen LogP contribution < -0.4 is 0 Å². The van der Waals surface area contributed by atoms with Gasteiger partial charge in [-0.3, -0.25) is 4.79 Å². The Morgan fingerprint density at radius 3 is 2.63 bits per heavy atom. The number of amides is 1. The van der Waals surface area contributed by atoms with Crippen LogP contribution in [-0.4, -0.2) is 41.7 Å². The van der Waals surface area contributed by atoms with Crippen LogP contribution in [0.2, 0.25) is 0 Å². The van der Waals surface area contributed by atoms with Gasteiger partial charge in [-0.05, 0) is 30.4 Å². The first-order chi connectivity index (χ1) is 8.91. The molecule has 0 radical (unpaired) electrons. The molecule has 0 saturated heterocycles. The Bertz CT molecular complexity index is 477. The number of rotatable bonds is 6. The molecule has 0 bridgehead atoms. The van der Waals surface area contributed by atoms with Gasteiger partial charge in [0.25, 0.3) is 0 Å². The Morgan fingerprint density at radius 2 is 2.05 bits per heavy atom. The van der Waals surface area contributed by atoms with E-state index in [1.54, 1.807) is 20.2 Å². The zero-order chi connectivity index (χ0) is 14.4. The monoisotopic (exact) mass is 285 g/mol. The van der Waals surface area contributed by atoms with Crippen molar-refractivity contribution >= 4 is 23.6 Å². The molecule has 0 saturated carbocycles. The lowest BCUT2D eigenvalue weighted by molar-refractivity contribution is -0.128. The summed E-state index contributed by atoms with van der Waals surface area (Å²) in [7, 11) is 3.41. The van der Waals surface area contributed by atoms with E-state index in [1.165, 1.54) is 22.7 Å². The van der Waals surface area contributed by atoms with Crippen LogP contribution in [0.5, 0.6) is 0 Å². The van der Waals surface area contributed by atoms with E-state index in [4.69, 9.17) is 5.11 Å². The van der Waals surface area contributed by atoms with Crippen molar-refractivity contribution in [3.05, 3.63) is 29.6 Å². The number of nitrogens with zero attached hydrogens (tertiary/aromatic N) is 1. The number of hydrogen-bond donors (Lipinski definition) is 1. The summed E-state index contributed by atoms with van der Waals surface area (Å²) in [6.45, 7) is 0. The van der Waals surface area contributed by atoms with Gasteiger partial charge in [-0.25, -0.2) is 9.18 Å². The minimum atomic E-state index is -1.28. The van der Waals surface area contributed by atoms with Gasteiger partial charge in [0.15, 0.2) is 0 Å². The third-order valence-electron chi connectivity index (χ3n) is 2.47. The minimum Gasteiger partial charge on any atom is -0.478 e. The third kappa shape index (κ3) is 4.90. The molecule has 1 aromatic rings. The van der Waals surface area contributed by atoms with Gasteiger partial charge in [-0.15, -0.1) is 11.8 Å². The fourth-order valence-electron chi connectivity index (χ4n) is 1.40. The maximum Gasteiger partial charge on any atom is 0.338 e. The number of carboxylic acids is 1. The second kappa shape index (κ2) is 7.13. The topological polar surface area (TPSA) is 57.6 Å². The molecule has 0 aliphatic rings. The molecule has 1 aromatic carbocycles. The van der Waals surface area contributed by atoms with Crippen molar-refractivity contribution in [1.82, 2.24) is 4.90 Å². The fourth-order valence-corrected chi connectivity index (χ4v) is 2.28. The van der Waals surface area contributed by atoms with Crippen LogP contribution in [0.3, 0.4) is 0 Å². The molecule has 0 atom stereocenters. The van der Waals surface area contributed by atoms with E-state index in [2.05, 4.69) is 0 Å². The van der Waals surface area contributed by atoms with Gasteiger partial charge in [0, 0.05) is 25.4 Å². The van der Waals surface area contributed by atoms with Gasteiger partial charge < -0.3 is 10.0 Å². The summed E-state index contributed by atoms with van der Waals surface area (Å²) in [4.78, 5) is 24.3. The van der Waals surface area contributed by atoms with Gasteiger partial charge in [-0.2, -0.15) is 0 Å². The minimum absolute atomic E-state index is 0.0610. The summed E-state index contributed by atoms with van der Waals surface area (Å²) >= 11 is 1.41. The van der Waals surface area contributed by atoms with Crippen LogP contribution in [0.4, 0.5) is 4.39 Å². The number of carbonyl (C=O) groups is 2. The van der Waals surface area contributed by atoms with Gasteiger partial charge in [0.1, 0.15) is 5.82 Å². The summed E-state index contributed by atoms with van der Waals surface area (Å²) in [6.07, 6.45) is 1.15. The highest BCUT2D eigenvalue weighted by Crippen LogP contribution is 2.22. The Labute approximate surface area is 115 Å². The van der Waals surface area contributed by atoms with Crippen molar-refractivity contribution < 1.29 is 19.1 Å². The molecule has 0 heterocycles. The maximum absolute atomic E-state index is 13.2. The van der Waals surface area contributed by atoms with Crippen molar-refractivity contribution in [3.63, 3.8) is 0 Å². The predicted octanol–water partition coefficient (Wildman–Crippen LogP) is 2.48. The van der Waals surface area contributed by atoms with E-state index >= 15 is 0 Å². The highest BCUT2D eigenvalue weighted by molar-refractivity contribution is 7.99. The normalized spacial score (nSPS) is 10.3. The van der Waals surface area contributed by atoms with Crippen molar-refractivity contribution in [2.45, 2.75) is 17.7 Å². The number of halogens is 1. The van der Waals surface area contributed by atoms with E-state index in [0.717, 1.165) is 6.07 Å². The molecule has 1 N–H and O–H groups in total. The Kier molecular flexibility index (Phi) is 5.82. The number of benzene rings is 1. The van der Waals surface area contributed by atoms with E-state index in [9.17, 15) is 14.0 Å². The zero-order valence-corrected chi connectivity index (χ0v) is 11.7. The lowest BCUT2D eigenvalue weighted by Crippen LogP contribution is -2.21. The van der Waals surface area contributed by atoms with E-state index in [0.29, 0.717) is 23.5 Å². The molecular formula is C13H16FNO3S. The Balaban J connectivity index is 2.48. The third-order valence-corrected chi connectivity index (χ3v) is 3.55. The molecule has 19 heavy (non-hydrogen) atoms. The summed E-state index contributed by atoms with van der Waals surface area (Å²) in [5.74, 6) is -1.27. The highest BCUT2D eigenvalue weighted by atomic mass is 32.2. The molecular weight excluding hydrogens is 269 g/mol. The van der Waals surface area contributed by atoms with Crippen molar-refractivity contribution in [3.8, 4) is 0 Å². The lowest BCUT2D eigenvalue weighted by Gasteiger charge is -2.09. The maximum atomic E-state index is 13.2. The molecule has 0 fully saturated rings. The Morgan fingerprint density at radius 1 is 1.37 bits per heavy atom. The molecule has 0 aliphatic heterocycles. The van der Waals surface area contributed by atoms with E-state index < -0.39 is 11.8 Å². The number of carbonyl (C=O) groups excluding carboxylic acids is 1. The molecule has 0 spiro atoms. The standard InChI is InChI=1S/C13H16FNO3S/c1-15(2)12(16)4-3-7-19-9-5-6-11(14)10(8-9)13(17)18/h5-6,8H,3-4,7H2,1-2H3,(H,17,18). The summed E-state index contributed by atoms with van der Waals surface area (Å²) < 4.78 is 13.2. The first kappa shape index (κ1) is 15.5. The molecule has 1 rings (SSSR count). The molecule has 0 unspecified atom stereocenters. The quantitative estimate of drug-likeness (QED) is 0.644. The van der Waals surface area contributed by atoms with Crippen LogP contribution in [-0.2, 0) is 4.79 Å². The zero-order valence-electron chi connectivity index (χ0n) is 10.9.